The van der Waals surface area contributed by atoms with Crippen LogP contribution in [0.25, 0.3) is 0 Å². The Labute approximate surface area is 90.8 Å². The van der Waals surface area contributed by atoms with E-state index in [0.717, 1.165) is 18.9 Å². The van der Waals surface area contributed by atoms with Crippen molar-refractivity contribution in [3.8, 4) is 5.75 Å². The summed E-state index contributed by atoms with van der Waals surface area (Å²) >= 11 is 0. The molecule has 2 aliphatic heterocycles. The van der Waals surface area contributed by atoms with Crippen LogP contribution >= 0.6 is 0 Å². The standard InChI is InChI=1S/C13H17NO/c1-10-4-5-13-11(7-10)8-14-6-2-3-12(14)9-15-13/h4-5,7,12H,2-3,6,8-9H2,1H3. The Morgan fingerprint density at radius 2 is 2.33 bits per heavy atom. The van der Waals surface area contributed by atoms with Crippen molar-refractivity contribution in [2.24, 2.45) is 0 Å². The molecule has 1 aromatic rings. The average Bonchev–Trinajstić information content (AvgIpc) is 2.58. The van der Waals surface area contributed by atoms with Crippen LogP contribution in [-0.4, -0.2) is 24.1 Å². The van der Waals surface area contributed by atoms with E-state index in [1.165, 1.54) is 30.5 Å². The molecule has 1 atom stereocenters. The molecule has 0 aliphatic carbocycles. The van der Waals surface area contributed by atoms with Crippen molar-refractivity contribution in [1.82, 2.24) is 4.90 Å². The van der Waals surface area contributed by atoms with Gasteiger partial charge < -0.3 is 4.74 Å². The highest BCUT2D eigenvalue weighted by molar-refractivity contribution is 5.37. The largest absolute Gasteiger partial charge is 0.492 e. The highest BCUT2D eigenvalue weighted by Gasteiger charge is 2.28. The van der Waals surface area contributed by atoms with E-state index in [9.17, 15) is 0 Å². The van der Waals surface area contributed by atoms with Gasteiger partial charge in [0, 0.05) is 18.2 Å². The van der Waals surface area contributed by atoms with Crippen molar-refractivity contribution >= 4 is 0 Å². The predicted octanol–water partition coefficient (Wildman–Crippen LogP) is 2.35. The molecule has 0 amide bonds. The molecule has 1 fully saturated rings. The van der Waals surface area contributed by atoms with E-state index >= 15 is 0 Å². The summed E-state index contributed by atoms with van der Waals surface area (Å²) in [5.41, 5.74) is 2.69. The van der Waals surface area contributed by atoms with Gasteiger partial charge in [0.15, 0.2) is 0 Å². The molecule has 2 heteroatoms. The molecule has 1 aromatic carbocycles. The Bertz CT molecular complexity index is 375. The summed E-state index contributed by atoms with van der Waals surface area (Å²) in [5.74, 6) is 1.09. The van der Waals surface area contributed by atoms with Crippen LogP contribution in [-0.2, 0) is 6.54 Å². The normalized spacial score (nSPS) is 25.3. The zero-order valence-electron chi connectivity index (χ0n) is 9.20. The van der Waals surface area contributed by atoms with Crippen LogP contribution in [0, 0.1) is 6.92 Å². The minimum atomic E-state index is 0.651. The molecule has 0 spiro atoms. The minimum absolute atomic E-state index is 0.651. The molecule has 2 nitrogen and oxygen atoms in total. The summed E-state index contributed by atoms with van der Waals surface area (Å²) in [7, 11) is 0. The van der Waals surface area contributed by atoms with Crippen LogP contribution < -0.4 is 4.74 Å². The lowest BCUT2D eigenvalue weighted by atomic mass is 10.1. The third-order valence-electron chi connectivity index (χ3n) is 3.52. The Hall–Kier alpha value is -1.02. The highest BCUT2D eigenvalue weighted by Crippen LogP contribution is 2.29. The third kappa shape index (κ3) is 1.63. The molecule has 2 aliphatic rings. The van der Waals surface area contributed by atoms with E-state index in [0.29, 0.717) is 6.04 Å². The molecule has 0 bridgehead atoms. The van der Waals surface area contributed by atoms with E-state index in [1.54, 1.807) is 0 Å². The lowest BCUT2D eigenvalue weighted by molar-refractivity contribution is 0.188. The molecule has 80 valence electrons. The van der Waals surface area contributed by atoms with Gasteiger partial charge in [-0.05, 0) is 32.4 Å². The number of hydrogen-bond acceptors (Lipinski definition) is 2. The molecule has 1 saturated heterocycles. The second-order valence-corrected chi connectivity index (χ2v) is 4.69. The van der Waals surface area contributed by atoms with E-state index in [1.807, 2.05) is 0 Å². The Morgan fingerprint density at radius 3 is 3.27 bits per heavy atom. The monoisotopic (exact) mass is 203 g/mol. The van der Waals surface area contributed by atoms with E-state index in [2.05, 4.69) is 30.0 Å². The van der Waals surface area contributed by atoms with E-state index < -0.39 is 0 Å². The van der Waals surface area contributed by atoms with Gasteiger partial charge in [0.05, 0.1) is 0 Å². The zero-order valence-corrected chi connectivity index (χ0v) is 9.20. The average molecular weight is 203 g/mol. The van der Waals surface area contributed by atoms with Crippen molar-refractivity contribution in [3.63, 3.8) is 0 Å². The smallest absolute Gasteiger partial charge is 0.123 e. The van der Waals surface area contributed by atoms with Gasteiger partial charge in [-0.1, -0.05) is 17.7 Å². The first kappa shape index (κ1) is 9.22. The summed E-state index contributed by atoms with van der Waals surface area (Å²) in [6.07, 6.45) is 2.63. The van der Waals surface area contributed by atoms with Gasteiger partial charge in [-0.2, -0.15) is 0 Å². The molecule has 3 rings (SSSR count). The van der Waals surface area contributed by atoms with Crippen LogP contribution in [0.1, 0.15) is 24.0 Å². The maximum atomic E-state index is 5.88. The quantitative estimate of drug-likeness (QED) is 0.641. The molecule has 0 radical (unpaired) electrons. The van der Waals surface area contributed by atoms with Crippen molar-refractivity contribution in [2.45, 2.75) is 32.4 Å². The van der Waals surface area contributed by atoms with Crippen molar-refractivity contribution in [1.29, 1.82) is 0 Å². The zero-order chi connectivity index (χ0) is 10.3. The molecule has 0 saturated carbocycles. The van der Waals surface area contributed by atoms with Crippen molar-refractivity contribution in [3.05, 3.63) is 29.3 Å². The topological polar surface area (TPSA) is 12.5 Å². The summed E-state index contributed by atoms with van der Waals surface area (Å²) < 4.78 is 5.88. The van der Waals surface area contributed by atoms with E-state index in [4.69, 9.17) is 4.74 Å². The number of fused-ring (bicyclic) bond motifs is 2. The summed E-state index contributed by atoms with van der Waals surface area (Å²) in [6, 6.07) is 7.16. The number of rotatable bonds is 0. The second-order valence-electron chi connectivity index (χ2n) is 4.69. The lowest BCUT2D eigenvalue weighted by Crippen LogP contribution is -2.31. The number of benzene rings is 1. The Kier molecular flexibility index (Phi) is 2.17. The number of aryl methyl sites for hydroxylation is 1. The summed E-state index contributed by atoms with van der Waals surface area (Å²) in [4.78, 5) is 2.56. The Morgan fingerprint density at radius 1 is 1.40 bits per heavy atom. The van der Waals surface area contributed by atoms with Gasteiger partial charge in [-0.3, -0.25) is 4.90 Å². The number of nitrogens with zero attached hydrogens (tertiary/aromatic N) is 1. The van der Waals surface area contributed by atoms with Gasteiger partial charge in [-0.25, -0.2) is 0 Å². The first-order valence-corrected chi connectivity index (χ1v) is 5.79. The molecule has 15 heavy (non-hydrogen) atoms. The van der Waals surface area contributed by atoms with Crippen LogP contribution in [0.15, 0.2) is 18.2 Å². The second kappa shape index (κ2) is 3.53. The fraction of sp³-hybridized carbons (Fsp3) is 0.538. The first-order valence-electron chi connectivity index (χ1n) is 5.79. The van der Waals surface area contributed by atoms with Gasteiger partial charge in [0.1, 0.15) is 12.4 Å². The fourth-order valence-corrected chi connectivity index (χ4v) is 2.67. The van der Waals surface area contributed by atoms with Gasteiger partial charge in [0.25, 0.3) is 0 Å². The molecule has 2 heterocycles. The SMILES string of the molecule is Cc1ccc2c(c1)CN1CCCC1CO2. The first-order chi connectivity index (χ1) is 7.33. The molecular formula is C13H17NO. The van der Waals surface area contributed by atoms with Gasteiger partial charge >= 0.3 is 0 Å². The maximum Gasteiger partial charge on any atom is 0.123 e. The van der Waals surface area contributed by atoms with Crippen LogP contribution in [0.3, 0.4) is 0 Å². The van der Waals surface area contributed by atoms with Crippen LogP contribution in [0.4, 0.5) is 0 Å². The maximum absolute atomic E-state index is 5.88. The van der Waals surface area contributed by atoms with Crippen LogP contribution in [0.2, 0.25) is 0 Å². The van der Waals surface area contributed by atoms with Crippen LogP contribution in [0.5, 0.6) is 5.75 Å². The fourth-order valence-electron chi connectivity index (χ4n) is 2.67. The molecule has 1 unspecified atom stereocenters. The molecule has 0 aromatic heterocycles. The summed E-state index contributed by atoms with van der Waals surface area (Å²) in [5, 5.41) is 0. The number of ether oxygens (including phenoxy) is 1. The molecule has 0 N–H and O–H groups in total. The highest BCUT2D eigenvalue weighted by atomic mass is 16.5. The minimum Gasteiger partial charge on any atom is -0.492 e. The van der Waals surface area contributed by atoms with Crippen molar-refractivity contribution in [2.75, 3.05) is 13.2 Å². The van der Waals surface area contributed by atoms with Gasteiger partial charge in [0.2, 0.25) is 0 Å². The van der Waals surface area contributed by atoms with Gasteiger partial charge in [-0.15, -0.1) is 0 Å². The molecular weight excluding hydrogens is 186 g/mol. The summed E-state index contributed by atoms with van der Waals surface area (Å²) in [6.45, 7) is 5.33. The number of hydrogen-bond donors (Lipinski definition) is 0. The third-order valence-corrected chi connectivity index (χ3v) is 3.52. The van der Waals surface area contributed by atoms with Crippen molar-refractivity contribution < 1.29 is 4.74 Å². The predicted molar refractivity (Wildman–Crippen MR) is 60.1 cm³/mol. The van der Waals surface area contributed by atoms with E-state index in [-0.39, 0.29) is 0 Å². The Balaban J connectivity index is 1.94. The lowest BCUT2D eigenvalue weighted by Gasteiger charge is -2.19.